The lowest BCUT2D eigenvalue weighted by Crippen LogP contribution is -2.28. The van der Waals surface area contributed by atoms with Crippen LogP contribution in [-0.2, 0) is 11.3 Å². The Balaban J connectivity index is 2.34. The Morgan fingerprint density at radius 3 is 2.78 bits per heavy atom. The van der Waals surface area contributed by atoms with Crippen molar-refractivity contribution < 1.29 is 4.79 Å². The number of carbonyl (C=O) groups excluding carboxylic acids is 1. The van der Waals surface area contributed by atoms with Gasteiger partial charge in [0.05, 0.1) is 6.54 Å². The molecule has 0 saturated heterocycles. The van der Waals surface area contributed by atoms with Gasteiger partial charge in [0, 0.05) is 17.5 Å². The first-order valence-corrected chi connectivity index (χ1v) is 7.02. The lowest BCUT2D eigenvalue weighted by atomic mass is 9.94. The predicted octanol–water partition coefficient (Wildman–Crippen LogP) is 1.06. The number of H-pyrrole nitrogens is 1. The minimum absolute atomic E-state index is 0.0156. The molecule has 0 aromatic carbocycles. The zero-order chi connectivity index (χ0) is 13.5. The smallest absolute Gasteiger partial charge is 0.304 e. The molecule has 5 nitrogen and oxygen atoms in total. The Kier molecular flexibility index (Phi) is 6.07. The van der Waals surface area contributed by atoms with E-state index in [1.165, 1.54) is 0 Å². The van der Waals surface area contributed by atoms with Crippen molar-refractivity contribution in [2.24, 2.45) is 17.6 Å². The summed E-state index contributed by atoms with van der Waals surface area (Å²) < 4.78 is 0. The van der Waals surface area contributed by atoms with Crippen LogP contribution in [0.5, 0.6) is 0 Å². The largest absolute Gasteiger partial charge is 0.350 e. The van der Waals surface area contributed by atoms with E-state index in [0.29, 0.717) is 25.4 Å². The van der Waals surface area contributed by atoms with E-state index >= 15 is 0 Å². The van der Waals surface area contributed by atoms with Gasteiger partial charge in [0.15, 0.2) is 0 Å². The highest BCUT2D eigenvalue weighted by atomic mass is 32.1. The summed E-state index contributed by atoms with van der Waals surface area (Å²) >= 11 is 1.10. The molecule has 0 bridgehead atoms. The molecule has 6 heteroatoms. The highest BCUT2D eigenvalue weighted by molar-refractivity contribution is 7.07. The Bertz CT molecular complexity index is 425. The molecule has 102 valence electrons. The number of thiazole rings is 1. The van der Waals surface area contributed by atoms with Crippen LogP contribution in [0, 0.1) is 11.8 Å². The molecule has 1 aromatic heterocycles. The molecule has 0 aliphatic heterocycles. The normalized spacial score (nSPS) is 12.7. The van der Waals surface area contributed by atoms with Gasteiger partial charge in [-0.05, 0) is 24.8 Å². The summed E-state index contributed by atoms with van der Waals surface area (Å²) in [6, 6.07) is 0. The fourth-order valence-electron chi connectivity index (χ4n) is 1.86. The number of aromatic nitrogens is 1. The minimum Gasteiger partial charge on any atom is -0.350 e. The van der Waals surface area contributed by atoms with Crippen LogP contribution in [0.25, 0.3) is 0 Å². The molecule has 1 aromatic rings. The van der Waals surface area contributed by atoms with Crippen molar-refractivity contribution in [3.8, 4) is 0 Å². The van der Waals surface area contributed by atoms with E-state index in [1.54, 1.807) is 5.38 Å². The van der Waals surface area contributed by atoms with Gasteiger partial charge in [-0.2, -0.15) is 0 Å². The zero-order valence-electron chi connectivity index (χ0n) is 10.9. The monoisotopic (exact) mass is 271 g/mol. The van der Waals surface area contributed by atoms with Gasteiger partial charge in [0.25, 0.3) is 0 Å². The van der Waals surface area contributed by atoms with Crippen LogP contribution in [-0.4, -0.2) is 17.4 Å². The molecule has 0 unspecified atom stereocenters. The third-order valence-electron chi connectivity index (χ3n) is 2.66. The molecule has 1 atom stereocenters. The molecule has 0 saturated carbocycles. The third-order valence-corrected chi connectivity index (χ3v) is 3.38. The molecule has 1 amide bonds. The van der Waals surface area contributed by atoms with Crippen LogP contribution in [0.2, 0.25) is 0 Å². The number of rotatable bonds is 7. The number of hydrogen-bond donors (Lipinski definition) is 3. The summed E-state index contributed by atoms with van der Waals surface area (Å²) in [4.78, 5) is 25.2. The summed E-state index contributed by atoms with van der Waals surface area (Å²) in [6.07, 6.45) is 1.41. The van der Waals surface area contributed by atoms with Crippen molar-refractivity contribution in [3.05, 3.63) is 20.7 Å². The molecular formula is C12H21N3O2S. The number of aromatic amines is 1. The molecule has 1 rings (SSSR count). The highest BCUT2D eigenvalue weighted by Gasteiger charge is 2.13. The first kappa shape index (κ1) is 14.9. The van der Waals surface area contributed by atoms with Crippen LogP contribution >= 0.6 is 11.3 Å². The van der Waals surface area contributed by atoms with Gasteiger partial charge in [-0.15, -0.1) is 0 Å². The quantitative estimate of drug-likeness (QED) is 0.693. The number of nitrogens with one attached hydrogen (secondary N) is 2. The topological polar surface area (TPSA) is 88.0 Å². The van der Waals surface area contributed by atoms with Crippen molar-refractivity contribution in [1.29, 1.82) is 0 Å². The van der Waals surface area contributed by atoms with Gasteiger partial charge in [-0.3, -0.25) is 9.59 Å². The summed E-state index contributed by atoms with van der Waals surface area (Å²) in [5.74, 6) is 0.754. The molecular weight excluding hydrogens is 250 g/mol. The molecule has 0 fully saturated rings. The number of nitrogens with two attached hydrogens (primary N) is 1. The maximum absolute atomic E-state index is 11.7. The first-order chi connectivity index (χ1) is 8.51. The molecule has 0 aliphatic carbocycles. The van der Waals surface area contributed by atoms with Gasteiger partial charge in [-0.25, -0.2) is 0 Å². The van der Waals surface area contributed by atoms with Gasteiger partial charge in [-0.1, -0.05) is 25.2 Å². The molecule has 4 N–H and O–H groups in total. The van der Waals surface area contributed by atoms with Crippen LogP contribution in [0.4, 0.5) is 0 Å². The number of carbonyl (C=O) groups is 1. The van der Waals surface area contributed by atoms with Crippen LogP contribution < -0.4 is 15.9 Å². The van der Waals surface area contributed by atoms with Crippen LogP contribution in [0.1, 0.15) is 32.4 Å². The molecule has 0 spiro atoms. The first-order valence-electron chi connectivity index (χ1n) is 6.14. The van der Waals surface area contributed by atoms with E-state index in [4.69, 9.17) is 5.73 Å². The van der Waals surface area contributed by atoms with Gasteiger partial charge < -0.3 is 16.0 Å². The van der Waals surface area contributed by atoms with E-state index < -0.39 is 0 Å². The van der Waals surface area contributed by atoms with E-state index in [9.17, 15) is 9.59 Å². The predicted molar refractivity (Wildman–Crippen MR) is 73.4 cm³/mol. The Morgan fingerprint density at radius 1 is 1.56 bits per heavy atom. The number of hydrogen-bond acceptors (Lipinski definition) is 4. The Labute approximate surface area is 111 Å². The molecule has 1 heterocycles. The summed E-state index contributed by atoms with van der Waals surface area (Å²) in [5.41, 5.74) is 6.40. The molecule has 18 heavy (non-hydrogen) atoms. The minimum atomic E-state index is -0.0982. The second-order valence-electron chi connectivity index (χ2n) is 4.89. The molecule has 0 radical (unpaired) electrons. The zero-order valence-corrected chi connectivity index (χ0v) is 11.7. The Hall–Kier alpha value is -1.14. The summed E-state index contributed by atoms with van der Waals surface area (Å²) in [7, 11) is 0. The number of amides is 1. The SMILES string of the molecule is CC(C)C[C@H](CN)CC(=O)NCc1csc(=O)[nH]1. The van der Waals surface area contributed by atoms with Gasteiger partial charge >= 0.3 is 4.87 Å². The highest BCUT2D eigenvalue weighted by Crippen LogP contribution is 2.14. The van der Waals surface area contributed by atoms with Crippen molar-refractivity contribution >= 4 is 17.2 Å². The van der Waals surface area contributed by atoms with Crippen molar-refractivity contribution in [3.63, 3.8) is 0 Å². The lowest BCUT2D eigenvalue weighted by molar-refractivity contribution is -0.122. The maximum atomic E-state index is 11.7. The van der Waals surface area contributed by atoms with Gasteiger partial charge in [0.2, 0.25) is 5.91 Å². The third kappa shape index (κ3) is 5.46. The van der Waals surface area contributed by atoms with E-state index in [2.05, 4.69) is 24.1 Å². The fourth-order valence-corrected chi connectivity index (χ4v) is 2.44. The average Bonchev–Trinajstić information content (AvgIpc) is 2.71. The van der Waals surface area contributed by atoms with E-state index in [-0.39, 0.29) is 16.7 Å². The fraction of sp³-hybridized carbons (Fsp3) is 0.667. The van der Waals surface area contributed by atoms with Crippen molar-refractivity contribution in [1.82, 2.24) is 10.3 Å². The van der Waals surface area contributed by atoms with Crippen molar-refractivity contribution in [2.45, 2.75) is 33.2 Å². The maximum Gasteiger partial charge on any atom is 0.304 e. The van der Waals surface area contributed by atoms with E-state index in [0.717, 1.165) is 23.5 Å². The molecule has 0 aliphatic rings. The second kappa shape index (κ2) is 7.33. The average molecular weight is 271 g/mol. The lowest BCUT2D eigenvalue weighted by Gasteiger charge is -2.16. The standard InChI is InChI=1S/C12H21N3O2S/c1-8(2)3-9(5-13)4-11(16)14-6-10-7-18-12(17)15-10/h7-9H,3-6,13H2,1-2H3,(H,14,16)(H,15,17)/t9-/m0/s1. The van der Waals surface area contributed by atoms with Crippen LogP contribution in [0.15, 0.2) is 10.2 Å². The summed E-state index contributed by atoms with van der Waals surface area (Å²) in [5, 5.41) is 4.51. The second-order valence-corrected chi connectivity index (χ2v) is 5.73. The Morgan fingerprint density at radius 2 is 2.28 bits per heavy atom. The van der Waals surface area contributed by atoms with Crippen LogP contribution in [0.3, 0.4) is 0 Å². The van der Waals surface area contributed by atoms with Gasteiger partial charge in [0.1, 0.15) is 0 Å². The summed E-state index contributed by atoms with van der Waals surface area (Å²) in [6.45, 7) is 5.14. The van der Waals surface area contributed by atoms with E-state index in [1.807, 2.05) is 0 Å². The van der Waals surface area contributed by atoms with Crippen molar-refractivity contribution in [2.75, 3.05) is 6.54 Å².